The van der Waals surface area contributed by atoms with Crippen LogP contribution in [0.25, 0.3) is 10.9 Å². The van der Waals surface area contributed by atoms with Gasteiger partial charge in [-0.25, -0.2) is 9.66 Å². The molecule has 0 aliphatic heterocycles. The van der Waals surface area contributed by atoms with Gasteiger partial charge in [0.05, 0.1) is 22.7 Å². The third kappa shape index (κ3) is 4.21. The van der Waals surface area contributed by atoms with Crippen LogP contribution in [0, 0.1) is 0 Å². The van der Waals surface area contributed by atoms with Crippen molar-refractivity contribution >= 4 is 28.6 Å². The summed E-state index contributed by atoms with van der Waals surface area (Å²) in [6, 6.07) is 26.3. The molecule has 6 nitrogen and oxygen atoms in total. The maximum absolute atomic E-state index is 12.7. The van der Waals surface area contributed by atoms with Crippen molar-refractivity contribution in [2.24, 2.45) is 0 Å². The molecule has 150 valence electrons. The smallest absolute Gasteiger partial charge is 0.280 e. The van der Waals surface area contributed by atoms with E-state index in [9.17, 15) is 9.59 Å². The number of amides is 1. The fraction of sp³-hybridized carbons (Fsp3) is 0.0870. The van der Waals surface area contributed by atoms with E-state index in [1.165, 1.54) is 0 Å². The molecule has 0 spiro atoms. The lowest BCUT2D eigenvalue weighted by atomic mass is 9.99. The molecular weight excluding hydrogens is 396 g/mol. The molecular formula is C23H20N4O2S. The minimum atomic E-state index is -0.338. The quantitative estimate of drug-likeness (QED) is 0.286. The lowest BCUT2D eigenvalue weighted by molar-refractivity contribution is -0.119. The van der Waals surface area contributed by atoms with Crippen molar-refractivity contribution in [2.45, 2.75) is 11.2 Å². The summed E-state index contributed by atoms with van der Waals surface area (Å²) in [5, 5.41) is 3.82. The van der Waals surface area contributed by atoms with Crippen LogP contribution in [0.4, 0.5) is 0 Å². The zero-order valence-corrected chi connectivity index (χ0v) is 16.9. The molecule has 0 aliphatic rings. The summed E-state index contributed by atoms with van der Waals surface area (Å²) in [5.74, 6) is 5.81. The second-order valence-electron chi connectivity index (χ2n) is 6.70. The predicted molar refractivity (Wildman–Crippen MR) is 120 cm³/mol. The van der Waals surface area contributed by atoms with Crippen LogP contribution in [-0.2, 0) is 4.79 Å². The molecule has 3 N–H and O–H groups in total. The molecule has 1 aromatic heterocycles. The fourth-order valence-electron chi connectivity index (χ4n) is 3.21. The highest BCUT2D eigenvalue weighted by Crippen LogP contribution is 2.22. The molecule has 0 saturated heterocycles. The van der Waals surface area contributed by atoms with Gasteiger partial charge in [-0.05, 0) is 23.3 Å². The highest BCUT2D eigenvalue weighted by Gasteiger charge is 2.18. The van der Waals surface area contributed by atoms with Gasteiger partial charge in [-0.1, -0.05) is 84.6 Å². The van der Waals surface area contributed by atoms with Crippen LogP contribution >= 0.6 is 11.8 Å². The van der Waals surface area contributed by atoms with E-state index >= 15 is 0 Å². The van der Waals surface area contributed by atoms with Gasteiger partial charge in [-0.15, -0.1) is 0 Å². The van der Waals surface area contributed by atoms with Crippen molar-refractivity contribution in [2.75, 3.05) is 11.6 Å². The van der Waals surface area contributed by atoms with E-state index < -0.39 is 0 Å². The Labute approximate surface area is 177 Å². The van der Waals surface area contributed by atoms with Gasteiger partial charge in [0.25, 0.3) is 5.56 Å². The summed E-state index contributed by atoms with van der Waals surface area (Å²) in [5.41, 5.74) is 2.19. The first kappa shape index (κ1) is 19.7. The Morgan fingerprint density at radius 3 is 2.13 bits per heavy atom. The lowest BCUT2D eigenvalue weighted by Gasteiger charge is -2.20. The molecule has 1 heterocycles. The summed E-state index contributed by atoms with van der Waals surface area (Å²) >= 11 is 1.13. The van der Waals surface area contributed by atoms with E-state index in [4.69, 9.17) is 5.84 Å². The van der Waals surface area contributed by atoms with Crippen LogP contribution < -0.4 is 16.7 Å². The summed E-state index contributed by atoms with van der Waals surface area (Å²) in [4.78, 5) is 29.6. The fourth-order valence-corrected chi connectivity index (χ4v) is 3.94. The summed E-state index contributed by atoms with van der Waals surface area (Å²) in [7, 11) is 0. The van der Waals surface area contributed by atoms with Crippen LogP contribution in [0.5, 0.6) is 0 Å². The van der Waals surface area contributed by atoms with Crippen LogP contribution in [0.1, 0.15) is 17.2 Å². The number of nitrogens with two attached hydrogens (primary N) is 1. The number of hydrogen-bond donors (Lipinski definition) is 2. The van der Waals surface area contributed by atoms with Crippen molar-refractivity contribution in [3.8, 4) is 0 Å². The van der Waals surface area contributed by atoms with Gasteiger partial charge in [-0.2, -0.15) is 0 Å². The summed E-state index contributed by atoms with van der Waals surface area (Å²) < 4.78 is 0.992. The number of para-hydroxylation sites is 1. The average Bonchev–Trinajstić information content (AvgIpc) is 2.80. The molecule has 7 heteroatoms. The molecule has 4 aromatic rings. The largest absolute Gasteiger partial charge is 0.344 e. The predicted octanol–water partition coefficient (Wildman–Crippen LogP) is 3.11. The van der Waals surface area contributed by atoms with E-state index in [-0.39, 0.29) is 23.3 Å². The topological polar surface area (TPSA) is 90.0 Å². The average molecular weight is 417 g/mol. The normalized spacial score (nSPS) is 11.0. The monoisotopic (exact) mass is 416 g/mol. The molecule has 0 saturated carbocycles. The molecule has 0 atom stereocenters. The zero-order valence-electron chi connectivity index (χ0n) is 16.1. The van der Waals surface area contributed by atoms with Gasteiger partial charge in [0.15, 0.2) is 5.16 Å². The Kier molecular flexibility index (Phi) is 5.81. The SMILES string of the molecule is Nn1c(SCC(=O)NC(c2ccccc2)c2ccccc2)nc2ccccc2c1=O. The number of thioether (sulfide) groups is 1. The highest BCUT2D eigenvalue weighted by atomic mass is 32.2. The number of carbonyl (C=O) groups is 1. The number of nitrogens with zero attached hydrogens (tertiary/aromatic N) is 2. The number of nitrogens with one attached hydrogen (secondary N) is 1. The van der Waals surface area contributed by atoms with E-state index in [1.54, 1.807) is 24.3 Å². The molecule has 0 unspecified atom stereocenters. The Bertz CT molecular complexity index is 1190. The van der Waals surface area contributed by atoms with Crippen molar-refractivity contribution in [1.29, 1.82) is 0 Å². The van der Waals surface area contributed by atoms with Gasteiger partial charge in [0.1, 0.15) is 0 Å². The Morgan fingerprint density at radius 1 is 0.933 bits per heavy atom. The Balaban J connectivity index is 1.53. The number of benzene rings is 3. The first-order chi connectivity index (χ1) is 14.6. The van der Waals surface area contributed by atoms with Gasteiger partial charge in [-0.3, -0.25) is 9.59 Å². The van der Waals surface area contributed by atoms with Crippen LogP contribution in [0.15, 0.2) is 94.9 Å². The number of fused-ring (bicyclic) bond motifs is 1. The van der Waals surface area contributed by atoms with Crippen LogP contribution in [0.2, 0.25) is 0 Å². The lowest BCUT2D eigenvalue weighted by Crippen LogP contribution is -2.32. The second-order valence-corrected chi connectivity index (χ2v) is 7.64. The molecule has 0 radical (unpaired) electrons. The molecule has 0 aliphatic carbocycles. The zero-order chi connectivity index (χ0) is 20.9. The minimum absolute atomic E-state index is 0.0815. The number of nitrogen functional groups attached to an aromatic ring is 1. The van der Waals surface area contributed by atoms with E-state index in [0.717, 1.165) is 27.6 Å². The standard InChI is InChI=1S/C23H20N4O2S/c24-27-22(29)18-13-7-8-14-19(18)25-23(27)30-15-20(28)26-21(16-9-3-1-4-10-16)17-11-5-2-6-12-17/h1-14,21H,15,24H2,(H,26,28). The van der Waals surface area contributed by atoms with Gasteiger partial charge < -0.3 is 11.2 Å². The van der Waals surface area contributed by atoms with Crippen molar-refractivity contribution in [3.63, 3.8) is 0 Å². The third-order valence-electron chi connectivity index (χ3n) is 4.68. The second kappa shape index (κ2) is 8.84. The summed E-state index contributed by atoms with van der Waals surface area (Å²) in [6.45, 7) is 0. The first-order valence-corrected chi connectivity index (χ1v) is 10.4. The van der Waals surface area contributed by atoms with E-state index in [0.29, 0.717) is 16.1 Å². The van der Waals surface area contributed by atoms with Crippen LogP contribution in [0.3, 0.4) is 0 Å². The third-order valence-corrected chi connectivity index (χ3v) is 5.63. The van der Waals surface area contributed by atoms with Crippen molar-refractivity contribution < 1.29 is 4.79 Å². The number of aromatic nitrogens is 2. The molecule has 4 rings (SSSR count). The van der Waals surface area contributed by atoms with Crippen LogP contribution in [-0.4, -0.2) is 21.3 Å². The van der Waals surface area contributed by atoms with Crippen molar-refractivity contribution in [3.05, 3.63) is 106 Å². The highest BCUT2D eigenvalue weighted by molar-refractivity contribution is 7.99. The van der Waals surface area contributed by atoms with Gasteiger partial charge >= 0.3 is 0 Å². The van der Waals surface area contributed by atoms with E-state index in [2.05, 4.69) is 10.3 Å². The van der Waals surface area contributed by atoms with Crippen molar-refractivity contribution in [1.82, 2.24) is 15.0 Å². The molecule has 0 fully saturated rings. The Hall–Kier alpha value is -3.58. The molecule has 30 heavy (non-hydrogen) atoms. The number of rotatable bonds is 6. The Morgan fingerprint density at radius 2 is 1.50 bits per heavy atom. The first-order valence-electron chi connectivity index (χ1n) is 9.42. The minimum Gasteiger partial charge on any atom is -0.344 e. The molecule has 0 bridgehead atoms. The molecule has 1 amide bonds. The maximum atomic E-state index is 12.7. The van der Waals surface area contributed by atoms with Gasteiger partial charge in [0.2, 0.25) is 5.91 Å². The number of carbonyl (C=O) groups excluding carboxylic acids is 1. The number of hydrogen-bond acceptors (Lipinski definition) is 5. The maximum Gasteiger partial charge on any atom is 0.280 e. The van der Waals surface area contributed by atoms with E-state index in [1.807, 2.05) is 60.7 Å². The summed E-state index contributed by atoms with van der Waals surface area (Å²) in [6.07, 6.45) is 0. The molecule has 3 aromatic carbocycles. The van der Waals surface area contributed by atoms with Gasteiger partial charge in [0, 0.05) is 0 Å².